The first-order chi connectivity index (χ1) is 13.3. The minimum absolute atomic E-state index is 0.0299. The zero-order valence-corrected chi connectivity index (χ0v) is 16.4. The van der Waals surface area contributed by atoms with Crippen LogP contribution in [0.1, 0.15) is 36.5 Å². The Balaban J connectivity index is 1.47. The van der Waals surface area contributed by atoms with Gasteiger partial charge in [0, 0.05) is 24.6 Å². The lowest BCUT2D eigenvalue weighted by Gasteiger charge is -2.15. The highest BCUT2D eigenvalue weighted by Crippen LogP contribution is 2.37. The summed E-state index contributed by atoms with van der Waals surface area (Å²) in [4.78, 5) is 35.6. The van der Waals surface area contributed by atoms with E-state index in [1.807, 2.05) is 6.92 Å². The third-order valence-corrected chi connectivity index (χ3v) is 6.92. The molecule has 28 heavy (non-hydrogen) atoms. The third-order valence-electron chi connectivity index (χ3n) is 5.00. The standard InChI is InChI=1S/C18H24N4O5S/c1-12-10-15(12)18(25)19-11-16(23)20-21-17(24)13-4-6-14(7-5-13)28(26,27)22-8-2-3-9-22/h4-7,12,15H,2-3,8-11H2,1H3,(H,19,25)(H,20,23)(H,21,24)/t12-,15-/m1/s1. The summed E-state index contributed by atoms with van der Waals surface area (Å²) >= 11 is 0. The Morgan fingerprint density at radius 2 is 1.68 bits per heavy atom. The van der Waals surface area contributed by atoms with Crippen LogP contribution in [-0.2, 0) is 19.6 Å². The van der Waals surface area contributed by atoms with Gasteiger partial charge in [0.15, 0.2) is 0 Å². The number of nitrogens with zero attached hydrogens (tertiary/aromatic N) is 1. The maximum atomic E-state index is 12.5. The molecule has 1 aromatic rings. The monoisotopic (exact) mass is 408 g/mol. The van der Waals surface area contributed by atoms with Gasteiger partial charge in [-0.05, 0) is 49.4 Å². The van der Waals surface area contributed by atoms with E-state index in [0.29, 0.717) is 19.0 Å². The molecule has 152 valence electrons. The Kier molecular flexibility index (Phi) is 5.99. The molecule has 1 saturated heterocycles. The molecule has 3 amide bonds. The number of hydrazine groups is 1. The predicted octanol–water partition coefficient (Wildman–Crippen LogP) is 0.00430. The highest BCUT2D eigenvalue weighted by atomic mass is 32.2. The van der Waals surface area contributed by atoms with Gasteiger partial charge >= 0.3 is 0 Å². The van der Waals surface area contributed by atoms with Crippen LogP contribution in [-0.4, -0.2) is 50.1 Å². The molecule has 2 aliphatic rings. The van der Waals surface area contributed by atoms with Gasteiger partial charge in [0.2, 0.25) is 15.9 Å². The lowest BCUT2D eigenvalue weighted by molar-refractivity contribution is -0.127. The summed E-state index contributed by atoms with van der Waals surface area (Å²) in [6.45, 7) is 2.75. The summed E-state index contributed by atoms with van der Waals surface area (Å²) < 4.78 is 26.4. The summed E-state index contributed by atoms with van der Waals surface area (Å²) in [5.41, 5.74) is 4.66. The molecule has 0 spiro atoms. The van der Waals surface area contributed by atoms with E-state index in [-0.39, 0.29) is 28.8 Å². The van der Waals surface area contributed by atoms with Crippen LogP contribution in [0.5, 0.6) is 0 Å². The number of nitrogens with one attached hydrogen (secondary N) is 3. The number of rotatable bonds is 6. The fraction of sp³-hybridized carbons (Fsp3) is 0.500. The van der Waals surface area contributed by atoms with Gasteiger partial charge in [-0.25, -0.2) is 8.42 Å². The molecule has 1 aromatic carbocycles. The Morgan fingerprint density at radius 1 is 1.07 bits per heavy atom. The Morgan fingerprint density at radius 3 is 2.25 bits per heavy atom. The van der Waals surface area contributed by atoms with Gasteiger partial charge in [0.05, 0.1) is 11.4 Å². The molecule has 10 heteroatoms. The Bertz CT molecular complexity index is 862. The molecule has 0 unspecified atom stereocenters. The smallest absolute Gasteiger partial charge is 0.269 e. The van der Waals surface area contributed by atoms with Crippen molar-refractivity contribution < 1.29 is 22.8 Å². The molecule has 1 aliphatic carbocycles. The van der Waals surface area contributed by atoms with Crippen LogP contribution in [0, 0.1) is 11.8 Å². The Labute approximate surface area is 163 Å². The highest BCUT2D eigenvalue weighted by Gasteiger charge is 2.39. The van der Waals surface area contributed by atoms with Gasteiger partial charge in [-0.1, -0.05) is 6.92 Å². The average molecular weight is 408 g/mol. The molecule has 2 atom stereocenters. The molecule has 9 nitrogen and oxygen atoms in total. The highest BCUT2D eigenvalue weighted by molar-refractivity contribution is 7.89. The van der Waals surface area contributed by atoms with Crippen molar-refractivity contribution in [3.8, 4) is 0 Å². The molecular weight excluding hydrogens is 384 g/mol. The van der Waals surface area contributed by atoms with Crippen molar-refractivity contribution in [2.24, 2.45) is 11.8 Å². The lowest BCUT2D eigenvalue weighted by atomic mass is 10.2. The Hall–Kier alpha value is -2.46. The van der Waals surface area contributed by atoms with Crippen LogP contribution in [0.2, 0.25) is 0 Å². The van der Waals surface area contributed by atoms with Crippen LogP contribution < -0.4 is 16.2 Å². The number of benzene rings is 1. The van der Waals surface area contributed by atoms with Crippen LogP contribution in [0.4, 0.5) is 0 Å². The van der Waals surface area contributed by atoms with Crippen molar-refractivity contribution in [3.05, 3.63) is 29.8 Å². The maximum Gasteiger partial charge on any atom is 0.269 e. The van der Waals surface area contributed by atoms with E-state index in [1.54, 1.807) is 0 Å². The van der Waals surface area contributed by atoms with Gasteiger partial charge in [-0.3, -0.25) is 25.2 Å². The van der Waals surface area contributed by atoms with Crippen molar-refractivity contribution in [1.29, 1.82) is 0 Å². The zero-order chi connectivity index (χ0) is 20.3. The summed E-state index contributed by atoms with van der Waals surface area (Å²) in [5.74, 6) is -0.981. The fourth-order valence-corrected chi connectivity index (χ4v) is 4.60. The summed E-state index contributed by atoms with van der Waals surface area (Å²) in [6, 6.07) is 5.53. The molecule has 0 aromatic heterocycles. The second-order valence-corrected chi connectivity index (χ2v) is 9.11. The second-order valence-electron chi connectivity index (χ2n) is 7.18. The minimum atomic E-state index is -3.54. The van der Waals surface area contributed by atoms with E-state index in [2.05, 4.69) is 16.2 Å². The largest absolute Gasteiger partial charge is 0.347 e. The van der Waals surface area contributed by atoms with Crippen LogP contribution in [0.3, 0.4) is 0 Å². The van der Waals surface area contributed by atoms with E-state index >= 15 is 0 Å². The van der Waals surface area contributed by atoms with Crippen molar-refractivity contribution in [2.45, 2.75) is 31.1 Å². The summed E-state index contributed by atoms with van der Waals surface area (Å²) in [7, 11) is -3.54. The van der Waals surface area contributed by atoms with E-state index < -0.39 is 21.8 Å². The van der Waals surface area contributed by atoms with Gasteiger partial charge in [-0.2, -0.15) is 4.31 Å². The van der Waals surface area contributed by atoms with Crippen LogP contribution >= 0.6 is 0 Å². The van der Waals surface area contributed by atoms with Crippen LogP contribution in [0.15, 0.2) is 29.2 Å². The maximum absolute atomic E-state index is 12.5. The first-order valence-corrected chi connectivity index (χ1v) is 10.7. The predicted molar refractivity (Wildman–Crippen MR) is 100 cm³/mol. The molecule has 2 fully saturated rings. The minimum Gasteiger partial charge on any atom is -0.347 e. The van der Waals surface area contributed by atoms with E-state index in [0.717, 1.165) is 19.3 Å². The number of hydrogen-bond acceptors (Lipinski definition) is 5. The molecule has 3 rings (SSSR count). The number of hydrogen-bond donors (Lipinski definition) is 3. The number of amides is 3. The van der Waals surface area contributed by atoms with Crippen LogP contribution in [0.25, 0.3) is 0 Å². The van der Waals surface area contributed by atoms with E-state index in [9.17, 15) is 22.8 Å². The molecular formula is C18H24N4O5S. The first-order valence-electron chi connectivity index (χ1n) is 9.26. The van der Waals surface area contributed by atoms with Crippen molar-refractivity contribution in [2.75, 3.05) is 19.6 Å². The van der Waals surface area contributed by atoms with Gasteiger partial charge in [0.25, 0.3) is 11.8 Å². The summed E-state index contributed by atoms with van der Waals surface area (Å²) in [5, 5.41) is 2.52. The third kappa shape index (κ3) is 4.68. The van der Waals surface area contributed by atoms with E-state index in [4.69, 9.17) is 0 Å². The van der Waals surface area contributed by atoms with Crippen molar-refractivity contribution >= 4 is 27.7 Å². The topological polar surface area (TPSA) is 125 Å². The average Bonchev–Trinajstić information content (AvgIpc) is 3.17. The molecule has 0 bridgehead atoms. The SMILES string of the molecule is C[C@@H]1C[C@H]1C(=O)NCC(=O)NNC(=O)c1ccc(S(=O)(=O)N2CCCC2)cc1. The van der Waals surface area contributed by atoms with Gasteiger partial charge < -0.3 is 5.32 Å². The number of carbonyl (C=O) groups excluding carboxylic acids is 3. The fourth-order valence-electron chi connectivity index (χ4n) is 3.08. The quantitative estimate of drug-likeness (QED) is 0.572. The molecule has 0 radical (unpaired) electrons. The normalized spacial score (nSPS) is 21.8. The lowest BCUT2D eigenvalue weighted by Crippen LogP contribution is -2.46. The number of sulfonamides is 1. The van der Waals surface area contributed by atoms with Gasteiger partial charge in [0.1, 0.15) is 0 Å². The molecule has 1 saturated carbocycles. The molecule has 1 aliphatic heterocycles. The number of carbonyl (C=O) groups is 3. The van der Waals surface area contributed by atoms with Crippen molar-refractivity contribution in [3.63, 3.8) is 0 Å². The summed E-state index contributed by atoms with van der Waals surface area (Å²) in [6.07, 6.45) is 2.52. The van der Waals surface area contributed by atoms with Crippen molar-refractivity contribution in [1.82, 2.24) is 20.5 Å². The van der Waals surface area contributed by atoms with E-state index in [1.165, 1.54) is 28.6 Å². The van der Waals surface area contributed by atoms with Gasteiger partial charge in [-0.15, -0.1) is 0 Å². The second kappa shape index (κ2) is 8.27. The zero-order valence-electron chi connectivity index (χ0n) is 15.6. The first kappa shape index (κ1) is 20.3. The molecule has 3 N–H and O–H groups in total. The molecule has 1 heterocycles.